The summed E-state index contributed by atoms with van der Waals surface area (Å²) in [5, 5.41) is 0. The van der Waals surface area contributed by atoms with Gasteiger partial charge in [0.2, 0.25) is 0 Å². The number of benzene rings is 3. The second-order valence-electron chi connectivity index (χ2n) is 5.26. The van der Waals surface area contributed by atoms with Crippen molar-refractivity contribution in [2.75, 3.05) is 5.75 Å². The average molecular weight is 496 g/mol. The number of hydrogen-bond donors (Lipinski definition) is 0. The summed E-state index contributed by atoms with van der Waals surface area (Å²) in [5.41, 5.74) is 0. The number of thioether (sulfide) groups is 1. The second-order valence-corrected chi connectivity index (χ2v) is 20.3. The van der Waals surface area contributed by atoms with E-state index < -0.39 is 16.8 Å². The first-order valence-corrected chi connectivity index (χ1v) is 16.6. The summed E-state index contributed by atoms with van der Waals surface area (Å²) in [5.74, 6) is 1.02. The van der Waals surface area contributed by atoms with Crippen molar-refractivity contribution in [3.8, 4) is 0 Å². The normalized spacial score (nSPS) is 11.9. The summed E-state index contributed by atoms with van der Waals surface area (Å²) < 4.78 is 5.37. The molecule has 0 heterocycles. The third kappa shape index (κ3) is 4.32. The van der Waals surface area contributed by atoms with Crippen molar-refractivity contribution in [2.45, 2.75) is 6.92 Å². The standard InChI is InChI=1S/C21H20S3Te/c1-2-23-21(22)24-25(18-12-6-3-7-13-18,19-14-8-4-9-15-19)20-16-10-5-11-17-20/h3-17H,2H2,1H3. The summed E-state index contributed by atoms with van der Waals surface area (Å²) in [4.78, 5) is 0. The molecule has 0 aliphatic carbocycles. The number of hydrogen-bond acceptors (Lipinski definition) is 3. The molecule has 128 valence electrons. The van der Waals surface area contributed by atoms with Crippen LogP contribution in [0.2, 0.25) is 0 Å². The van der Waals surface area contributed by atoms with Gasteiger partial charge in [0.25, 0.3) is 0 Å². The molecule has 0 aliphatic heterocycles. The first kappa shape index (κ1) is 19.0. The van der Waals surface area contributed by atoms with Gasteiger partial charge in [-0.3, -0.25) is 0 Å². The SMILES string of the molecule is CCSC(=S)S[Te](c1ccccc1)(c1ccccc1)c1ccccc1. The second kappa shape index (κ2) is 9.26. The van der Waals surface area contributed by atoms with Crippen LogP contribution in [0.15, 0.2) is 91.0 Å². The van der Waals surface area contributed by atoms with E-state index in [0.717, 1.165) is 9.28 Å². The first-order chi connectivity index (χ1) is 12.3. The van der Waals surface area contributed by atoms with E-state index in [-0.39, 0.29) is 0 Å². The molecule has 0 fully saturated rings. The third-order valence-electron chi connectivity index (χ3n) is 3.68. The maximum absolute atomic E-state index is 5.77. The van der Waals surface area contributed by atoms with Crippen molar-refractivity contribution in [1.82, 2.24) is 0 Å². The Morgan fingerprint density at radius 1 is 0.720 bits per heavy atom. The molecule has 3 aromatic carbocycles. The monoisotopic (exact) mass is 498 g/mol. The molecule has 0 amide bonds. The third-order valence-corrected chi connectivity index (χ3v) is 23.2. The van der Waals surface area contributed by atoms with Crippen molar-refractivity contribution in [1.29, 1.82) is 0 Å². The summed E-state index contributed by atoms with van der Waals surface area (Å²) >= 11 is 4.58. The van der Waals surface area contributed by atoms with E-state index in [1.807, 2.05) is 8.99 Å². The van der Waals surface area contributed by atoms with Crippen LogP contribution in [0.4, 0.5) is 0 Å². The van der Waals surface area contributed by atoms with Crippen LogP contribution >= 0.6 is 33.0 Å². The van der Waals surface area contributed by atoms with Crippen LogP contribution in [0.1, 0.15) is 6.92 Å². The molecule has 0 aliphatic rings. The molecular weight excluding hydrogens is 476 g/mol. The summed E-state index contributed by atoms with van der Waals surface area (Å²) in [6.07, 6.45) is 0. The molecule has 0 aromatic heterocycles. The van der Waals surface area contributed by atoms with Gasteiger partial charge in [-0.15, -0.1) is 0 Å². The Morgan fingerprint density at radius 3 is 1.40 bits per heavy atom. The van der Waals surface area contributed by atoms with Gasteiger partial charge in [-0.05, 0) is 0 Å². The van der Waals surface area contributed by atoms with E-state index in [1.165, 1.54) is 10.8 Å². The van der Waals surface area contributed by atoms with Gasteiger partial charge in [-0.1, -0.05) is 0 Å². The molecule has 0 unspecified atom stereocenters. The van der Waals surface area contributed by atoms with E-state index in [2.05, 4.69) is 97.9 Å². The Balaban J connectivity index is 2.26. The van der Waals surface area contributed by atoms with Crippen LogP contribution in [0.3, 0.4) is 0 Å². The zero-order valence-corrected chi connectivity index (χ0v) is 18.8. The Labute approximate surface area is 166 Å². The van der Waals surface area contributed by atoms with E-state index in [0.29, 0.717) is 0 Å². The molecule has 0 radical (unpaired) electrons. The zero-order valence-electron chi connectivity index (χ0n) is 14.0. The van der Waals surface area contributed by atoms with Gasteiger partial charge in [0.15, 0.2) is 0 Å². The van der Waals surface area contributed by atoms with Crippen molar-refractivity contribution in [2.24, 2.45) is 0 Å². The molecule has 3 aromatic rings. The summed E-state index contributed by atoms with van der Waals surface area (Å²) in [7, 11) is 1.96. The Hall–Kier alpha value is -0.760. The molecule has 0 spiro atoms. The molecule has 0 N–H and O–H groups in total. The molecule has 0 atom stereocenters. The molecule has 4 heteroatoms. The van der Waals surface area contributed by atoms with Crippen LogP contribution in [0.5, 0.6) is 0 Å². The maximum atomic E-state index is 5.77. The van der Waals surface area contributed by atoms with E-state index in [4.69, 9.17) is 12.2 Å². The van der Waals surface area contributed by atoms with Crippen molar-refractivity contribution in [3.05, 3.63) is 91.0 Å². The van der Waals surface area contributed by atoms with Gasteiger partial charge in [-0.25, -0.2) is 0 Å². The predicted octanol–water partition coefficient (Wildman–Crippen LogP) is 4.42. The molecule has 0 saturated heterocycles. The minimum absolute atomic E-state index is 1.02. The van der Waals surface area contributed by atoms with Gasteiger partial charge >= 0.3 is 168 Å². The molecule has 3 rings (SSSR count). The fourth-order valence-corrected chi connectivity index (χ4v) is 23.0. The quantitative estimate of drug-likeness (QED) is 0.380. The van der Waals surface area contributed by atoms with Gasteiger partial charge < -0.3 is 0 Å². The van der Waals surface area contributed by atoms with E-state index in [1.54, 1.807) is 11.8 Å². The van der Waals surface area contributed by atoms with Crippen molar-refractivity contribution in [3.63, 3.8) is 0 Å². The Morgan fingerprint density at radius 2 is 1.08 bits per heavy atom. The fourth-order valence-electron chi connectivity index (χ4n) is 2.63. The first-order valence-electron chi connectivity index (χ1n) is 8.12. The average Bonchev–Trinajstić information content (AvgIpc) is 2.68. The van der Waals surface area contributed by atoms with E-state index >= 15 is 0 Å². The van der Waals surface area contributed by atoms with Crippen LogP contribution in [-0.2, 0) is 0 Å². The fraction of sp³-hybridized carbons (Fsp3) is 0.0952. The van der Waals surface area contributed by atoms with Gasteiger partial charge in [0, 0.05) is 0 Å². The number of rotatable bonds is 5. The van der Waals surface area contributed by atoms with Crippen LogP contribution in [0, 0.1) is 0 Å². The molecule has 25 heavy (non-hydrogen) atoms. The van der Waals surface area contributed by atoms with Gasteiger partial charge in [0.05, 0.1) is 0 Å². The molecule has 0 bridgehead atoms. The summed E-state index contributed by atoms with van der Waals surface area (Å²) in [6, 6.07) is 32.9. The van der Waals surface area contributed by atoms with E-state index in [9.17, 15) is 0 Å². The Bertz CT molecular complexity index is 708. The van der Waals surface area contributed by atoms with Crippen molar-refractivity contribution >= 4 is 64.1 Å². The predicted molar refractivity (Wildman–Crippen MR) is 122 cm³/mol. The van der Waals surface area contributed by atoms with Gasteiger partial charge in [0.1, 0.15) is 0 Å². The van der Waals surface area contributed by atoms with Crippen LogP contribution in [-0.4, -0.2) is 26.1 Å². The Kier molecular flexibility index (Phi) is 7.04. The number of thiocarbonyl (C=S) groups is 1. The molecule has 0 nitrogen and oxygen atoms in total. The van der Waals surface area contributed by atoms with Gasteiger partial charge in [-0.2, -0.15) is 0 Å². The topological polar surface area (TPSA) is 0 Å². The van der Waals surface area contributed by atoms with Crippen LogP contribution < -0.4 is 10.8 Å². The molecule has 0 saturated carbocycles. The minimum atomic E-state index is -2.98. The van der Waals surface area contributed by atoms with Crippen molar-refractivity contribution < 1.29 is 0 Å². The molecular formula is C21H20S3Te. The van der Waals surface area contributed by atoms with Crippen LogP contribution in [0.25, 0.3) is 0 Å². The summed E-state index contributed by atoms with van der Waals surface area (Å²) in [6.45, 7) is 2.17. The zero-order chi connectivity index (χ0) is 17.5.